The summed E-state index contributed by atoms with van der Waals surface area (Å²) < 4.78 is 5.24. The lowest BCUT2D eigenvalue weighted by molar-refractivity contribution is 0.232. The summed E-state index contributed by atoms with van der Waals surface area (Å²) in [5, 5.41) is 1.29. The van der Waals surface area contributed by atoms with E-state index < -0.39 is 0 Å². The Hall–Kier alpha value is -2.75. The number of nitrogens with one attached hydrogen (secondary N) is 1. The van der Waals surface area contributed by atoms with Crippen molar-refractivity contribution in [3.05, 3.63) is 60.3 Å². The fraction of sp³-hybridized carbons (Fsp3) is 0.318. The zero-order chi connectivity index (χ0) is 18.1. The van der Waals surface area contributed by atoms with Crippen LogP contribution in [0, 0.1) is 0 Å². The van der Waals surface area contributed by atoms with Crippen LogP contribution in [0.2, 0.25) is 0 Å². The van der Waals surface area contributed by atoms with Gasteiger partial charge in [0.1, 0.15) is 11.6 Å². The smallest absolute Gasteiger partial charge is 0.119 e. The Morgan fingerprint density at radius 2 is 1.88 bits per heavy atom. The number of aromatic nitrogens is 1. The number of likely N-dealkylation sites (tertiary alicyclic amines) is 1. The largest absolute Gasteiger partial charge is 0.497 e. The molecule has 1 fully saturated rings. The van der Waals surface area contributed by atoms with Crippen LogP contribution in [0.3, 0.4) is 0 Å². The molecule has 1 saturated heterocycles. The molecule has 2 heterocycles. The topological polar surface area (TPSA) is 40.6 Å². The number of methoxy groups -OCH3 is 1. The zero-order valence-electron chi connectivity index (χ0n) is 15.6. The molecule has 26 heavy (non-hydrogen) atoms. The lowest BCUT2D eigenvalue weighted by Gasteiger charge is -2.33. The van der Waals surface area contributed by atoms with Gasteiger partial charge in [-0.15, -0.1) is 0 Å². The standard InChI is InChI=1S/C22H25N3O/c1-22(2)13-12-21(24-17-8-10-18(26-3)11-9-17)25(22)15-16-14-23-20-7-5-4-6-19(16)20/h4-11,14,23H,12-13,15H2,1-3H3. The van der Waals surface area contributed by atoms with Gasteiger partial charge in [-0.1, -0.05) is 18.2 Å². The Bertz CT molecular complexity index is 937. The maximum Gasteiger partial charge on any atom is 0.119 e. The van der Waals surface area contributed by atoms with Gasteiger partial charge >= 0.3 is 0 Å². The molecular formula is C22H25N3O. The van der Waals surface area contributed by atoms with Crippen molar-refractivity contribution in [1.82, 2.24) is 9.88 Å². The summed E-state index contributed by atoms with van der Waals surface area (Å²) in [4.78, 5) is 10.8. The monoisotopic (exact) mass is 347 g/mol. The molecule has 0 saturated carbocycles. The Balaban J connectivity index is 1.65. The number of aromatic amines is 1. The second-order valence-electron chi connectivity index (χ2n) is 7.48. The summed E-state index contributed by atoms with van der Waals surface area (Å²) in [7, 11) is 1.68. The SMILES string of the molecule is COc1ccc(N=C2CCC(C)(C)N2Cc2c[nH]c3ccccc23)cc1. The van der Waals surface area contributed by atoms with E-state index in [4.69, 9.17) is 9.73 Å². The summed E-state index contributed by atoms with van der Waals surface area (Å²) in [6.07, 6.45) is 4.25. The molecule has 1 aliphatic heterocycles. The maximum atomic E-state index is 5.24. The van der Waals surface area contributed by atoms with E-state index in [1.54, 1.807) is 7.11 Å². The van der Waals surface area contributed by atoms with Crippen LogP contribution in [0.25, 0.3) is 10.9 Å². The van der Waals surface area contributed by atoms with Gasteiger partial charge in [0.25, 0.3) is 0 Å². The van der Waals surface area contributed by atoms with Crippen LogP contribution in [0.5, 0.6) is 5.75 Å². The number of hydrogen-bond donors (Lipinski definition) is 1. The first-order valence-electron chi connectivity index (χ1n) is 9.11. The van der Waals surface area contributed by atoms with E-state index in [1.165, 1.54) is 16.5 Å². The van der Waals surface area contributed by atoms with Crippen molar-refractivity contribution in [2.24, 2.45) is 4.99 Å². The normalized spacial score (nSPS) is 18.0. The first-order valence-corrected chi connectivity index (χ1v) is 9.11. The quantitative estimate of drug-likeness (QED) is 0.697. The van der Waals surface area contributed by atoms with Gasteiger partial charge in [0.2, 0.25) is 0 Å². The molecule has 4 nitrogen and oxygen atoms in total. The number of nitrogens with zero attached hydrogens (tertiary/aromatic N) is 2. The fourth-order valence-electron chi connectivity index (χ4n) is 3.70. The van der Waals surface area contributed by atoms with E-state index in [0.717, 1.165) is 36.7 Å². The van der Waals surface area contributed by atoms with E-state index in [-0.39, 0.29) is 5.54 Å². The number of H-pyrrole nitrogens is 1. The molecule has 3 aromatic rings. The first-order chi connectivity index (χ1) is 12.6. The number of benzene rings is 2. The maximum absolute atomic E-state index is 5.24. The number of aliphatic imine (C=N–C) groups is 1. The van der Waals surface area contributed by atoms with Crippen LogP contribution in [0.4, 0.5) is 5.69 Å². The molecule has 134 valence electrons. The highest BCUT2D eigenvalue weighted by Gasteiger charge is 2.36. The van der Waals surface area contributed by atoms with Gasteiger partial charge in [-0.25, -0.2) is 4.99 Å². The Morgan fingerprint density at radius 1 is 1.12 bits per heavy atom. The summed E-state index contributed by atoms with van der Waals surface area (Å²) in [5.41, 5.74) is 3.58. The summed E-state index contributed by atoms with van der Waals surface area (Å²) in [6.45, 7) is 5.47. The molecular weight excluding hydrogens is 322 g/mol. The molecule has 0 amide bonds. The minimum Gasteiger partial charge on any atom is -0.497 e. The molecule has 0 atom stereocenters. The molecule has 4 rings (SSSR count). The molecule has 0 aliphatic carbocycles. The van der Waals surface area contributed by atoms with E-state index >= 15 is 0 Å². The highest BCUT2D eigenvalue weighted by molar-refractivity contribution is 5.89. The molecule has 0 unspecified atom stereocenters. The molecule has 1 aromatic heterocycles. The lowest BCUT2D eigenvalue weighted by atomic mass is 10.0. The molecule has 2 aromatic carbocycles. The third-order valence-corrected chi connectivity index (χ3v) is 5.34. The van der Waals surface area contributed by atoms with Crippen LogP contribution in [0.15, 0.2) is 59.7 Å². The predicted octanol–water partition coefficient (Wildman–Crippen LogP) is 5.28. The average molecular weight is 347 g/mol. The second kappa shape index (κ2) is 6.52. The molecule has 1 N–H and O–H groups in total. The number of ether oxygens (including phenoxy) is 1. The van der Waals surface area contributed by atoms with Gasteiger partial charge in [-0.2, -0.15) is 0 Å². The van der Waals surface area contributed by atoms with Crippen LogP contribution in [-0.2, 0) is 6.54 Å². The first kappa shape index (κ1) is 16.7. The zero-order valence-corrected chi connectivity index (χ0v) is 15.6. The van der Waals surface area contributed by atoms with Crippen molar-refractivity contribution >= 4 is 22.4 Å². The van der Waals surface area contributed by atoms with Crippen LogP contribution in [0.1, 0.15) is 32.3 Å². The molecule has 4 heteroatoms. The van der Waals surface area contributed by atoms with Gasteiger partial charge in [0, 0.05) is 35.6 Å². The number of amidine groups is 1. The van der Waals surface area contributed by atoms with E-state index in [2.05, 4.69) is 54.2 Å². The molecule has 0 radical (unpaired) electrons. The van der Waals surface area contributed by atoms with Crippen molar-refractivity contribution in [3.8, 4) is 5.75 Å². The van der Waals surface area contributed by atoms with Crippen molar-refractivity contribution < 1.29 is 4.74 Å². The Kier molecular flexibility index (Phi) is 4.19. The van der Waals surface area contributed by atoms with Gasteiger partial charge in [0.15, 0.2) is 0 Å². The van der Waals surface area contributed by atoms with E-state index in [1.807, 2.05) is 24.3 Å². The Labute approximate surface area is 154 Å². The van der Waals surface area contributed by atoms with Gasteiger partial charge < -0.3 is 14.6 Å². The Morgan fingerprint density at radius 3 is 2.65 bits per heavy atom. The highest BCUT2D eigenvalue weighted by Crippen LogP contribution is 2.34. The number of hydrogen-bond acceptors (Lipinski definition) is 2. The number of rotatable bonds is 4. The lowest BCUT2D eigenvalue weighted by Crippen LogP contribution is -2.40. The van der Waals surface area contributed by atoms with Crippen molar-refractivity contribution in [1.29, 1.82) is 0 Å². The van der Waals surface area contributed by atoms with Crippen LogP contribution < -0.4 is 4.74 Å². The minimum absolute atomic E-state index is 0.101. The summed E-state index contributed by atoms with van der Waals surface area (Å²) in [6, 6.07) is 16.4. The molecule has 0 bridgehead atoms. The highest BCUT2D eigenvalue weighted by atomic mass is 16.5. The number of fused-ring (bicyclic) bond motifs is 1. The molecule has 1 aliphatic rings. The van der Waals surface area contributed by atoms with Crippen molar-refractivity contribution in [2.45, 2.75) is 38.8 Å². The fourth-order valence-corrected chi connectivity index (χ4v) is 3.70. The third kappa shape index (κ3) is 3.07. The minimum atomic E-state index is 0.101. The number of para-hydroxylation sites is 1. The third-order valence-electron chi connectivity index (χ3n) is 5.34. The van der Waals surface area contributed by atoms with E-state index in [0.29, 0.717) is 0 Å². The second-order valence-corrected chi connectivity index (χ2v) is 7.48. The summed E-state index contributed by atoms with van der Waals surface area (Å²) in [5.74, 6) is 2.02. The predicted molar refractivity (Wildman–Crippen MR) is 107 cm³/mol. The van der Waals surface area contributed by atoms with Crippen LogP contribution in [-0.4, -0.2) is 28.4 Å². The van der Waals surface area contributed by atoms with Gasteiger partial charge in [-0.3, -0.25) is 0 Å². The van der Waals surface area contributed by atoms with Crippen molar-refractivity contribution in [2.75, 3.05) is 7.11 Å². The van der Waals surface area contributed by atoms with E-state index in [9.17, 15) is 0 Å². The van der Waals surface area contributed by atoms with Gasteiger partial charge in [-0.05, 0) is 56.2 Å². The van der Waals surface area contributed by atoms with Crippen molar-refractivity contribution in [3.63, 3.8) is 0 Å². The molecule has 0 spiro atoms. The summed E-state index contributed by atoms with van der Waals surface area (Å²) >= 11 is 0. The average Bonchev–Trinajstić information content (AvgIpc) is 3.18. The van der Waals surface area contributed by atoms with Crippen LogP contribution >= 0.6 is 0 Å². The van der Waals surface area contributed by atoms with Gasteiger partial charge in [0.05, 0.1) is 12.8 Å².